The summed E-state index contributed by atoms with van der Waals surface area (Å²) < 4.78 is 34.4. The highest BCUT2D eigenvalue weighted by Crippen LogP contribution is 2.26. The van der Waals surface area contributed by atoms with Crippen LogP contribution in [0.1, 0.15) is 24.0 Å². The van der Waals surface area contributed by atoms with Gasteiger partial charge in [0.25, 0.3) is 10.0 Å². The smallest absolute Gasteiger partial charge is 0.263 e. The quantitative estimate of drug-likeness (QED) is 0.642. The van der Waals surface area contributed by atoms with Gasteiger partial charge in [-0.15, -0.1) is 0 Å². The molecule has 29 heavy (non-hydrogen) atoms. The molecular formula is C21H24N4O3S. The Morgan fingerprint density at radius 3 is 2.45 bits per heavy atom. The Morgan fingerprint density at radius 1 is 1.07 bits per heavy atom. The summed E-state index contributed by atoms with van der Waals surface area (Å²) in [7, 11) is -3.81. The Kier molecular flexibility index (Phi) is 5.38. The Bertz CT molecular complexity index is 1140. The molecule has 1 saturated heterocycles. The minimum Gasteiger partial charge on any atom is -0.376 e. The molecule has 1 atom stereocenters. The summed E-state index contributed by atoms with van der Waals surface area (Å²) in [6, 6.07) is 12.6. The average Bonchev–Trinajstić information content (AvgIpc) is 3.19. The van der Waals surface area contributed by atoms with E-state index >= 15 is 0 Å². The molecule has 0 radical (unpaired) electrons. The molecule has 2 aromatic carbocycles. The van der Waals surface area contributed by atoms with Gasteiger partial charge in [0.2, 0.25) is 0 Å². The van der Waals surface area contributed by atoms with Crippen molar-refractivity contribution in [2.45, 2.75) is 37.7 Å². The maximum absolute atomic E-state index is 13.1. The van der Waals surface area contributed by atoms with E-state index in [1.807, 2.05) is 31.2 Å². The lowest BCUT2D eigenvalue weighted by Gasteiger charge is -2.16. The predicted octanol–water partition coefficient (Wildman–Crippen LogP) is 3.64. The van der Waals surface area contributed by atoms with Gasteiger partial charge in [0.15, 0.2) is 11.6 Å². The first kappa shape index (κ1) is 19.6. The number of ether oxygens (including phenoxy) is 1. The van der Waals surface area contributed by atoms with E-state index in [9.17, 15) is 8.42 Å². The van der Waals surface area contributed by atoms with E-state index < -0.39 is 10.0 Å². The Hall–Kier alpha value is -2.71. The first-order valence-corrected chi connectivity index (χ1v) is 11.1. The number of benzene rings is 2. The van der Waals surface area contributed by atoms with Crippen LogP contribution in [0.2, 0.25) is 0 Å². The number of aryl methyl sites for hydroxylation is 2. The van der Waals surface area contributed by atoms with Crippen LogP contribution in [0.3, 0.4) is 0 Å². The molecule has 3 aromatic rings. The third-order valence-corrected chi connectivity index (χ3v) is 6.44. The molecule has 7 nitrogen and oxygen atoms in total. The Balaban J connectivity index is 1.69. The summed E-state index contributed by atoms with van der Waals surface area (Å²) in [6.07, 6.45) is 2.09. The molecule has 8 heteroatoms. The average molecular weight is 413 g/mol. The van der Waals surface area contributed by atoms with Crippen LogP contribution in [-0.4, -0.2) is 37.6 Å². The van der Waals surface area contributed by atoms with Crippen molar-refractivity contribution < 1.29 is 13.2 Å². The van der Waals surface area contributed by atoms with Gasteiger partial charge in [0.1, 0.15) is 0 Å². The van der Waals surface area contributed by atoms with Crippen molar-refractivity contribution in [2.75, 3.05) is 23.2 Å². The minimum absolute atomic E-state index is 0.0899. The molecule has 0 aliphatic carbocycles. The molecule has 1 aliphatic heterocycles. The van der Waals surface area contributed by atoms with Gasteiger partial charge in [-0.1, -0.05) is 29.8 Å². The zero-order chi connectivity index (χ0) is 20.4. The zero-order valence-corrected chi connectivity index (χ0v) is 17.3. The lowest BCUT2D eigenvalue weighted by atomic mass is 10.2. The van der Waals surface area contributed by atoms with Gasteiger partial charge in [-0.2, -0.15) is 0 Å². The van der Waals surface area contributed by atoms with Crippen molar-refractivity contribution in [1.82, 2.24) is 9.97 Å². The van der Waals surface area contributed by atoms with Crippen LogP contribution in [-0.2, 0) is 14.8 Å². The van der Waals surface area contributed by atoms with E-state index in [1.165, 1.54) is 0 Å². The number of anilines is 2. The monoisotopic (exact) mass is 412 g/mol. The summed E-state index contributed by atoms with van der Waals surface area (Å²) in [4.78, 5) is 9.34. The number of aromatic nitrogens is 2. The van der Waals surface area contributed by atoms with Crippen LogP contribution in [0.4, 0.5) is 11.6 Å². The molecule has 0 spiro atoms. The highest BCUT2D eigenvalue weighted by atomic mass is 32.2. The summed E-state index contributed by atoms with van der Waals surface area (Å²) in [5.41, 5.74) is 3.00. The Labute approximate surface area is 170 Å². The fourth-order valence-electron chi connectivity index (χ4n) is 3.49. The second-order valence-electron chi connectivity index (χ2n) is 7.30. The van der Waals surface area contributed by atoms with Crippen LogP contribution in [0.5, 0.6) is 0 Å². The van der Waals surface area contributed by atoms with E-state index in [2.05, 4.69) is 20.0 Å². The molecule has 1 aliphatic rings. The van der Waals surface area contributed by atoms with Gasteiger partial charge in [-0.3, -0.25) is 4.72 Å². The van der Waals surface area contributed by atoms with E-state index in [0.29, 0.717) is 29.0 Å². The normalized spacial score (nSPS) is 16.8. The molecule has 0 unspecified atom stereocenters. The van der Waals surface area contributed by atoms with Crippen LogP contribution in [0.25, 0.3) is 11.0 Å². The summed E-state index contributed by atoms with van der Waals surface area (Å²) in [5, 5.41) is 3.22. The number of para-hydroxylation sites is 2. The van der Waals surface area contributed by atoms with E-state index in [1.54, 1.807) is 25.1 Å². The fraction of sp³-hybridized carbons (Fsp3) is 0.333. The SMILES string of the molecule is Cc1ccc(S(=O)(=O)Nc2nc3ccccc3nc2NC[C@H]2CCCO2)c(C)c1. The van der Waals surface area contributed by atoms with E-state index in [-0.39, 0.29) is 16.8 Å². The molecule has 1 fully saturated rings. The molecule has 152 valence electrons. The van der Waals surface area contributed by atoms with Crippen molar-refractivity contribution >= 4 is 32.7 Å². The topological polar surface area (TPSA) is 93.2 Å². The van der Waals surface area contributed by atoms with Crippen molar-refractivity contribution in [2.24, 2.45) is 0 Å². The van der Waals surface area contributed by atoms with Crippen LogP contribution in [0, 0.1) is 13.8 Å². The number of rotatable bonds is 6. The predicted molar refractivity (Wildman–Crippen MR) is 114 cm³/mol. The van der Waals surface area contributed by atoms with Crippen LogP contribution < -0.4 is 10.0 Å². The van der Waals surface area contributed by atoms with Crippen molar-refractivity contribution in [3.8, 4) is 0 Å². The Morgan fingerprint density at radius 2 is 1.79 bits per heavy atom. The molecule has 0 amide bonds. The number of sulfonamides is 1. The van der Waals surface area contributed by atoms with Gasteiger partial charge in [-0.25, -0.2) is 18.4 Å². The first-order valence-electron chi connectivity index (χ1n) is 9.65. The molecule has 2 heterocycles. The molecule has 2 N–H and O–H groups in total. The van der Waals surface area contributed by atoms with Crippen molar-refractivity contribution in [3.63, 3.8) is 0 Å². The summed E-state index contributed by atoms with van der Waals surface area (Å²) >= 11 is 0. The molecular weight excluding hydrogens is 388 g/mol. The third-order valence-electron chi connectivity index (χ3n) is 4.94. The fourth-order valence-corrected chi connectivity index (χ4v) is 4.73. The largest absolute Gasteiger partial charge is 0.376 e. The van der Waals surface area contributed by atoms with E-state index in [4.69, 9.17) is 4.74 Å². The molecule has 4 rings (SSSR count). The third kappa shape index (κ3) is 4.33. The molecule has 0 saturated carbocycles. The van der Waals surface area contributed by atoms with Crippen molar-refractivity contribution in [3.05, 3.63) is 53.6 Å². The van der Waals surface area contributed by atoms with Gasteiger partial charge in [0.05, 0.1) is 22.0 Å². The second kappa shape index (κ2) is 7.96. The van der Waals surface area contributed by atoms with Gasteiger partial charge >= 0.3 is 0 Å². The van der Waals surface area contributed by atoms with Crippen molar-refractivity contribution in [1.29, 1.82) is 0 Å². The number of nitrogens with one attached hydrogen (secondary N) is 2. The lowest BCUT2D eigenvalue weighted by molar-refractivity contribution is 0.120. The molecule has 0 bridgehead atoms. The van der Waals surface area contributed by atoms with Gasteiger partial charge < -0.3 is 10.1 Å². The standard InChI is InChI=1S/C21H24N4O3S/c1-14-9-10-19(15(2)12-14)29(26,27)25-21-20(22-13-16-6-5-11-28-16)23-17-7-3-4-8-18(17)24-21/h3-4,7-10,12,16H,5-6,11,13H2,1-2H3,(H,22,23)(H,24,25)/t16-/m1/s1. The number of hydrogen-bond acceptors (Lipinski definition) is 6. The summed E-state index contributed by atoms with van der Waals surface area (Å²) in [5.74, 6) is 0.578. The van der Waals surface area contributed by atoms with Gasteiger partial charge in [0, 0.05) is 13.2 Å². The minimum atomic E-state index is -3.81. The number of fused-ring (bicyclic) bond motifs is 1. The lowest BCUT2D eigenvalue weighted by Crippen LogP contribution is -2.22. The first-order chi connectivity index (χ1) is 13.9. The highest BCUT2D eigenvalue weighted by Gasteiger charge is 2.22. The maximum Gasteiger partial charge on any atom is 0.263 e. The number of hydrogen-bond donors (Lipinski definition) is 2. The summed E-state index contributed by atoms with van der Waals surface area (Å²) in [6.45, 7) is 5.01. The van der Waals surface area contributed by atoms with Crippen LogP contribution >= 0.6 is 0 Å². The van der Waals surface area contributed by atoms with Crippen LogP contribution in [0.15, 0.2) is 47.4 Å². The maximum atomic E-state index is 13.1. The second-order valence-corrected chi connectivity index (χ2v) is 8.95. The molecule has 1 aromatic heterocycles. The van der Waals surface area contributed by atoms with Gasteiger partial charge in [-0.05, 0) is 50.5 Å². The number of nitrogens with zero attached hydrogens (tertiary/aromatic N) is 2. The zero-order valence-electron chi connectivity index (χ0n) is 16.5. The highest BCUT2D eigenvalue weighted by molar-refractivity contribution is 7.92. The van der Waals surface area contributed by atoms with E-state index in [0.717, 1.165) is 25.0 Å².